The average Bonchev–Trinajstić information content (AvgIpc) is 3.17. The molecule has 4 rings (SSSR count). The van der Waals surface area contributed by atoms with Crippen LogP contribution >= 0.6 is 11.6 Å². The third-order valence-electron chi connectivity index (χ3n) is 4.65. The van der Waals surface area contributed by atoms with E-state index in [1.54, 1.807) is 0 Å². The number of carbonyl (C=O) groups excluding carboxylic acids is 1. The fourth-order valence-corrected chi connectivity index (χ4v) is 3.54. The summed E-state index contributed by atoms with van der Waals surface area (Å²) in [7, 11) is 0. The summed E-state index contributed by atoms with van der Waals surface area (Å²) in [5.74, 6) is 0.541. The summed E-state index contributed by atoms with van der Waals surface area (Å²) in [5, 5.41) is 10.7. The van der Waals surface area contributed by atoms with Gasteiger partial charge in [0.15, 0.2) is 0 Å². The molecule has 0 aliphatic heterocycles. The number of carbonyl (C=O) groups is 1. The van der Waals surface area contributed by atoms with Gasteiger partial charge in [0, 0.05) is 23.2 Å². The highest BCUT2D eigenvalue weighted by Crippen LogP contribution is 2.27. The van der Waals surface area contributed by atoms with Gasteiger partial charge < -0.3 is 4.57 Å². The maximum atomic E-state index is 12.7. The van der Waals surface area contributed by atoms with E-state index in [1.165, 1.54) is 0 Å². The number of aromatic nitrogens is 4. The SMILES string of the molecule is CCn1c(NC(=O)[C@H]2CCc3[nH]ncc3C2)nc2cc(Cl)ccc21. The molecule has 1 amide bonds. The van der Waals surface area contributed by atoms with Crippen LogP contribution in [0.5, 0.6) is 0 Å². The van der Waals surface area contributed by atoms with E-state index in [4.69, 9.17) is 11.6 Å². The van der Waals surface area contributed by atoms with Gasteiger partial charge in [0.2, 0.25) is 11.9 Å². The first-order valence-electron chi connectivity index (χ1n) is 8.13. The van der Waals surface area contributed by atoms with Crippen LogP contribution in [0.15, 0.2) is 24.4 Å². The van der Waals surface area contributed by atoms with Crippen molar-refractivity contribution in [2.45, 2.75) is 32.7 Å². The minimum atomic E-state index is -0.0520. The van der Waals surface area contributed by atoms with Gasteiger partial charge in [0.05, 0.1) is 17.2 Å². The van der Waals surface area contributed by atoms with Crippen molar-refractivity contribution < 1.29 is 4.79 Å². The number of benzene rings is 1. The van der Waals surface area contributed by atoms with Crippen molar-refractivity contribution in [3.8, 4) is 0 Å². The summed E-state index contributed by atoms with van der Waals surface area (Å²) >= 11 is 6.04. The zero-order valence-electron chi connectivity index (χ0n) is 13.3. The van der Waals surface area contributed by atoms with Gasteiger partial charge in [-0.2, -0.15) is 5.10 Å². The molecule has 2 heterocycles. The number of halogens is 1. The minimum absolute atomic E-state index is 0.0120. The lowest BCUT2D eigenvalue weighted by atomic mass is 9.87. The molecule has 24 heavy (non-hydrogen) atoms. The Kier molecular flexibility index (Phi) is 3.76. The van der Waals surface area contributed by atoms with Gasteiger partial charge in [0.25, 0.3) is 0 Å². The number of aromatic amines is 1. The summed E-state index contributed by atoms with van der Waals surface area (Å²) in [6, 6.07) is 5.59. The molecule has 0 saturated carbocycles. The molecule has 2 aromatic heterocycles. The average molecular weight is 344 g/mol. The Balaban J connectivity index is 1.59. The maximum Gasteiger partial charge on any atom is 0.230 e. The van der Waals surface area contributed by atoms with E-state index < -0.39 is 0 Å². The van der Waals surface area contributed by atoms with Crippen LogP contribution < -0.4 is 5.32 Å². The number of H-pyrrole nitrogens is 1. The zero-order valence-corrected chi connectivity index (χ0v) is 14.1. The fraction of sp³-hybridized carbons (Fsp3) is 0.353. The van der Waals surface area contributed by atoms with E-state index in [-0.39, 0.29) is 11.8 Å². The van der Waals surface area contributed by atoms with Gasteiger partial charge in [0.1, 0.15) is 0 Å². The number of rotatable bonds is 3. The number of nitrogens with zero attached hydrogens (tertiary/aromatic N) is 3. The Labute approximate surface area is 144 Å². The molecule has 1 aromatic carbocycles. The van der Waals surface area contributed by atoms with Crippen LogP contribution in [0.3, 0.4) is 0 Å². The smallest absolute Gasteiger partial charge is 0.230 e. The van der Waals surface area contributed by atoms with Gasteiger partial charge in [-0.3, -0.25) is 15.2 Å². The molecule has 0 unspecified atom stereocenters. The molecule has 0 bridgehead atoms. The molecule has 3 aromatic rings. The molecule has 0 spiro atoms. The summed E-state index contributed by atoms with van der Waals surface area (Å²) in [6.45, 7) is 2.76. The Hall–Kier alpha value is -2.34. The normalized spacial score (nSPS) is 17.0. The number of nitrogens with one attached hydrogen (secondary N) is 2. The number of fused-ring (bicyclic) bond motifs is 2. The van der Waals surface area contributed by atoms with Crippen LogP contribution in [-0.2, 0) is 24.2 Å². The molecule has 0 radical (unpaired) electrons. The second kappa shape index (κ2) is 5.94. The molecular weight excluding hydrogens is 326 g/mol. The third-order valence-corrected chi connectivity index (χ3v) is 4.88. The first kappa shape index (κ1) is 15.2. The number of amides is 1. The third kappa shape index (κ3) is 2.57. The van der Waals surface area contributed by atoms with Gasteiger partial charge in [-0.05, 0) is 49.9 Å². The Morgan fingerprint density at radius 3 is 3.21 bits per heavy atom. The number of anilines is 1. The topological polar surface area (TPSA) is 75.6 Å². The standard InChI is InChI=1S/C17H18ClN5O/c1-2-23-15-6-4-12(18)8-14(15)20-17(23)21-16(24)10-3-5-13-11(7-10)9-19-22-13/h4,6,8-10H,2-3,5,7H2,1H3,(H,19,22)(H,20,21,24)/t10-/m0/s1. The first-order valence-corrected chi connectivity index (χ1v) is 8.51. The van der Waals surface area contributed by atoms with Crippen molar-refractivity contribution in [3.63, 3.8) is 0 Å². The molecular formula is C17H18ClN5O. The van der Waals surface area contributed by atoms with Gasteiger partial charge in [-0.15, -0.1) is 0 Å². The Morgan fingerprint density at radius 1 is 1.50 bits per heavy atom. The molecule has 1 atom stereocenters. The maximum absolute atomic E-state index is 12.7. The predicted octanol–water partition coefficient (Wildman–Crippen LogP) is 3.18. The van der Waals surface area contributed by atoms with Crippen LogP contribution in [0.25, 0.3) is 11.0 Å². The van der Waals surface area contributed by atoms with Crippen molar-refractivity contribution in [2.75, 3.05) is 5.32 Å². The number of hydrogen-bond donors (Lipinski definition) is 2. The molecule has 0 fully saturated rings. The number of aryl methyl sites for hydroxylation is 2. The fourth-order valence-electron chi connectivity index (χ4n) is 3.37. The summed E-state index contributed by atoms with van der Waals surface area (Å²) in [4.78, 5) is 17.2. The minimum Gasteiger partial charge on any atom is -0.310 e. The summed E-state index contributed by atoms with van der Waals surface area (Å²) in [6.07, 6.45) is 4.21. The van der Waals surface area contributed by atoms with Crippen molar-refractivity contribution in [3.05, 3.63) is 40.7 Å². The number of imidazole rings is 1. The van der Waals surface area contributed by atoms with E-state index >= 15 is 0 Å². The van der Waals surface area contributed by atoms with E-state index in [0.29, 0.717) is 11.0 Å². The van der Waals surface area contributed by atoms with Gasteiger partial charge in [-0.1, -0.05) is 11.6 Å². The van der Waals surface area contributed by atoms with E-state index in [9.17, 15) is 4.79 Å². The summed E-state index contributed by atoms with van der Waals surface area (Å²) < 4.78 is 2.00. The van der Waals surface area contributed by atoms with Gasteiger partial charge >= 0.3 is 0 Å². The monoisotopic (exact) mass is 343 g/mol. The molecule has 1 aliphatic carbocycles. The van der Waals surface area contributed by atoms with E-state index in [1.807, 2.05) is 35.9 Å². The van der Waals surface area contributed by atoms with Crippen molar-refractivity contribution in [2.24, 2.45) is 5.92 Å². The van der Waals surface area contributed by atoms with Crippen LogP contribution in [0, 0.1) is 5.92 Å². The molecule has 6 nitrogen and oxygen atoms in total. The van der Waals surface area contributed by atoms with Crippen molar-refractivity contribution >= 4 is 34.5 Å². The van der Waals surface area contributed by atoms with Crippen LogP contribution in [0.2, 0.25) is 5.02 Å². The Morgan fingerprint density at radius 2 is 2.38 bits per heavy atom. The zero-order chi connectivity index (χ0) is 16.7. The number of hydrogen-bond acceptors (Lipinski definition) is 3. The highest BCUT2D eigenvalue weighted by Gasteiger charge is 2.27. The van der Waals surface area contributed by atoms with Crippen molar-refractivity contribution in [1.82, 2.24) is 19.7 Å². The van der Waals surface area contributed by atoms with Gasteiger partial charge in [-0.25, -0.2) is 4.98 Å². The van der Waals surface area contributed by atoms with E-state index in [0.717, 1.165) is 48.1 Å². The van der Waals surface area contributed by atoms with Crippen LogP contribution in [-0.4, -0.2) is 25.7 Å². The molecule has 124 valence electrons. The van der Waals surface area contributed by atoms with Crippen molar-refractivity contribution in [1.29, 1.82) is 0 Å². The Bertz CT molecular complexity index is 913. The molecule has 7 heteroatoms. The largest absolute Gasteiger partial charge is 0.310 e. The lowest BCUT2D eigenvalue weighted by Gasteiger charge is -2.20. The predicted molar refractivity (Wildman–Crippen MR) is 93.1 cm³/mol. The lowest BCUT2D eigenvalue weighted by Crippen LogP contribution is -2.29. The quantitative estimate of drug-likeness (QED) is 0.767. The van der Waals surface area contributed by atoms with E-state index in [2.05, 4.69) is 20.5 Å². The lowest BCUT2D eigenvalue weighted by molar-refractivity contribution is -0.120. The van der Waals surface area contributed by atoms with Crippen LogP contribution in [0.4, 0.5) is 5.95 Å². The second-order valence-corrected chi connectivity index (χ2v) is 6.55. The summed E-state index contributed by atoms with van der Waals surface area (Å²) in [5.41, 5.74) is 4.05. The highest BCUT2D eigenvalue weighted by atomic mass is 35.5. The molecule has 2 N–H and O–H groups in total. The van der Waals surface area contributed by atoms with Crippen LogP contribution in [0.1, 0.15) is 24.6 Å². The molecule has 1 aliphatic rings. The molecule has 0 saturated heterocycles. The first-order chi connectivity index (χ1) is 11.7. The second-order valence-electron chi connectivity index (χ2n) is 6.12. The highest BCUT2D eigenvalue weighted by molar-refractivity contribution is 6.31.